The van der Waals surface area contributed by atoms with Crippen molar-refractivity contribution in [1.29, 1.82) is 0 Å². The van der Waals surface area contributed by atoms with Crippen molar-refractivity contribution in [2.24, 2.45) is 5.92 Å². The fourth-order valence-electron chi connectivity index (χ4n) is 1.57. The van der Waals surface area contributed by atoms with Crippen molar-refractivity contribution in [2.75, 3.05) is 6.61 Å². The van der Waals surface area contributed by atoms with Gasteiger partial charge in [0.1, 0.15) is 0 Å². The minimum absolute atomic E-state index is 0.0393. The summed E-state index contributed by atoms with van der Waals surface area (Å²) in [4.78, 5) is 22.5. The van der Waals surface area contributed by atoms with Crippen molar-refractivity contribution in [3.05, 3.63) is 0 Å². The zero-order valence-corrected chi connectivity index (χ0v) is 10.8. The van der Waals surface area contributed by atoms with Gasteiger partial charge in [-0.1, -0.05) is 0 Å². The van der Waals surface area contributed by atoms with Crippen LogP contribution in [0.25, 0.3) is 0 Å². The second-order valence-corrected chi connectivity index (χ2v) is 4.97. The molecule has 0 aromatic heterocycles. The number of rotatable bonds is 8. The number of carbonyl (C=O) groups excluding carboxylic acids is 2. The topological polar surface area (TPSA) is 55.4 Å². The zero-order chi connectivity index (χ0) is 12.7. The highest BCUT2D eigenvalue weighted by atomic mass is 16.5. The summed E-state index contributed by atoms with van der Waals surface area (Å²) >= 11 is 0. The lowest BCUT2D eigenvalue weighted by molar-refractivity contribution is -0.145. The van der Waals surface area contributed by atoms with Crippen LogP contribution in [0, 0.1) is 5.92 Å². The number of nitrogens with one attached hydrogen (secondary N) is 1. The maximum atomic E-state index is 11.3. The van der Waals surface area contributed by atoms with Gasteiger partial charge in [0.15, 0.2) is 0 Å². The number of ether oxygens (including phenoxy) is 1. The summed E-state index contributed by atoms with van der Waals surface area (Å²) in [5.74, 6) is 0.254. The van der Waals surface area contributed by atoms with E-state index < -0.39 is 0 Å². The summed E-state index contributed by atoms with van der Waals surface area (Å²) in [5, 5.41) is 2.85. The molecule has 1 fully saturated rings. The summed E-state index contributed by atoms with van der Waals surface area (Å²) in [6.07, 6.45) is 5.20. The molecule has 1 amide bonds. The van der Waals surface area contributed by atoms with E-state index in [2.05, 4.69) is 5.32 Å². The summed E-state index contributed by atoms with van der Waals surface area (Å²) in [7, 11) is 0. The Morgan fingerprint density at radius 1 is 1.24 bits per heavy atom. The molecule has 1 aliphatic rings. The second kappa shape index (κ2) is 7.30. The molecule has 17 heavy (non-hydrogen) atoms. The summed E-state index contributed by atoms with van der Waals surface area (Å²) in [5.41, 5.74) is 0. The van der Waals surface area contributed by atoms with Gasteiger partial charge in [-0.15, -0.1) is 0 Å². The molecule has 0 unspecified atom stereocenters. The van der Waals surface area contributed by atoms with Crippen LogP contribution in [0.3, 0.4) is 0 Å². The molecule has 0 spiro atoms. The lowest BCUT2D eigenvalue weighted by Crippen LogP contribution is -2.29. The average Bonchev–Trinajstić information content (AvgIpc) is 3.05. The van der Waals surface area contributed by atoms with Gasteiger partial charge in [0, 0.05) is 12.5 Å². The average molecular weight is 241 g/mol. The summed E-state index contributed by atoms with van der Waals surface area (Å²) < 4.78 is 5.10. The first-order valence-corrected chi connectivity index (χ1v) is 6.55. The van der Waals surface area contributed by atoms with Crippen LogP contribution in [0.4, 0.5) is 0 Å². The van der Waals surface area contributed by atoms with E-state index in [1.165, 1.54) is 0 Å². The van der Waals surface area contributed by atoms with Crippen LogP contribution in [0.5, 0.6) is 0 Å². The largest absolute Gasteiger partial charge is 0.465 e. The molecule has 1 N–H and O–H groups in total. The number of hydrogen-bond acceptors (Lipinski definition) is 3. The van der Waals surface area contributed by atoms with Crippen LogP contribution in [0.2, 0.25) is 0 Å². The van der Waals surface area contributed by atoms with Crippen molar-refractivity contribution in [2.45, 2.75) is 58.4 Å². The Balaban J connectivity index is 1.86. The Bertz CT molecular complexity index is 259. The number of carbonyl (C=O) groups is 2. The van der Waals surface area contributed by atoms with Crippen molar-refractivity contribution in [3.8, 4) is 0 Å². The highest BCUT2D eigenvalue weighted by Gasteiger charge is 2.30. The third kappa shape index (κ3) is 6.97. The second-order valence-electron chi connectivity index (χ2n) is 4.97. The molecule has 98 valence electrons. The molecule has 0 radical (unpaired) electrons. The van der Waals surface area contributed by atoms with Crippen molar-refractivity contribution in [1.82, 2.24) is 5.32 Å². The van der Waals surface area contributed by atoms with E-state index in [9.17, 15) is 9.59 Å². The highest BCUT2D eigenvalue weighted by Crippen LogP contribution is 2.30. The van der Waals surface area contributed by atoms with E-state index in [1.807, 2.05) is 13.8 Å². The molecule has 0 saturated heterocycles. The Morgan fingerprint density at radius 2 is 1.94 bits per heavy atom. The smallest absolute Gasteiger partial charge is 0.308 e. The quantitative estimate of drug-likeness (QED) is 0.522. The Labute approximate surface area is 103 Å². The number of esters is 1. The van der Waals surface area contributed by atoms with E-state index in [1.54, 1.807) is 0 Å². The van der Waals surface area contributed by atoms with E-state index in [0.29, 0.717) is 13.0 Å². The van der Waals surface area contributed by atoms with E-state index in [4.69, 9.17) is 4.74 Å². The van der Waals surface area contributed by atoms with Gasteiger partial charge in [-0.3, -0.25) is 9.59 Å². The van der Waals surface area contributed by atoms with Gasteiger partial charge >= 0.3 is 5.97 Å². The van der Waals surface area contributed by atoms with E-state index in [-0.39, 0.29) is 23.8 Å². The maximum Gasteiger partial charge on any atom is 0.308 e. The van der Waals surface area contributed by atoms with Crippen molar-refractivity contribution < 1.29 is 14.3 Å². The van der Waals surface area contributed by atoms with E-state index >= 15 is 0 Å². The van der Waals surface area contributed by atoms with E-state index in [0.717, 1.165) is 32.1 Å². The van der Waals surface area contributed by atoms with Gasteiger partial charge in [0.2, 0.25) is 5.91 Å². The Hall–Kier alpha value is -1.06. The van der Waals surface area contributed by atoms with Crippen molar-refractivity contribution >= 4 is 11.9 Å². The fourth-order valence-corrected chi connectivity index (χ4v) is 1.57. The molecule has 4 nitrogen and oxygen atoms in total. The van der Waals surface area contributed by atoms with Crippen LogP contribution in [0.1, 0.15) is 52.4 Å². The van der Waals surface area contributed by atoms with Crippen LogP contribution in [-0.4, -0.2) is 24.5 Å². The fraction of sp³-hybridized carbons (Fsp3) is 0.846. The molecule has 0 aromatic carbocycles. The number of hydrogen-bond donors (Lipinski definition) is 1. The van der Waals surface area contributed by atoms with Crippen LogP contribution in [0.15, 0.2) is 0 Å². The van der Waals surface area contributed by atoms with Crippen LogP contribution >= 0.6 is 0 Å². The van der Waals surface area contributed by atoms with Gasteiger partial charge in [-0.05, 0) is 46.0 Å². The standard InChI is InChI=1S/C13H23NO3/c1-10(2)14-12(15)6-4-3-5-9-17-13(16)11-7-8-11/h10-11H,3-9H2,1-2H3,(H,14,15). The van der Waals surface area contributed by atoms with Gasteiger partial charge in [-0.2, -0.15) is 0 Å². The van der Waals surface area contributed by atoms with Gasteiger partial charge < -0.3 is 10.1 Å². The number of unbranched alkanes of at least 4 members (excludes halogenated alkanes) is 2. The summed E-state index contributed by atoms with van der Waals surface area (Å²) in [6.45, 7) is 4.41. The molecule has 1 aliphatic carbocycles. The maximum absolute atomic E-state index is 11.3. The minimum atomic E-state index is -0.0393. The molecule has 0 heterocycles. The SMILES string of the molecule is CC(C)NC(=O)CCCCCOC(=O)C1CC1. The normalized spacial score (nSPS) is 14.8. The lowest BCUT2D eigenvalue weighted by Gasteiger charge is -2.08. The Morgan fingerprint density at radius 3 is 2.53 bits per heavy atom. The monoisotopic (exact) mass is 241 g/mol. The number of amides is 1. The highest BCUT2D eigenvalue weighted by molar-refractivity contribution is 5.76. The van der Waals surface area contributed by atoms with Crippen LogP contribution < -0.4 is 5.32 Å². The molecular weight excluding hydrogens is 218 g/mol. The molecular formula is C13H23NO3. The van der Waals surface area contributed by atoms with Gasteiger partial charge in [0.25, 0.3) is 0 Å². The third-order valence-electron chi connectivity index (χ3n) is 2.65. The molecule has 0 aromatic rings. The predicted molar refractivity (Wildman–Crippen MR) is 65.4 cm³/mol. The molecule has 1 saturated carbocycles. The minimum Gasteiger partial charge on any atom is -0.465 e. The van der Waals surface area contributed by atoms with Gasteiger partial charge in [0.05, 0.1) is 12.5 Å². The molecule has 0 aliphatic heterocycles. The van der Waals surface area contributed by atoms with Crippen LogP contribution in [-0.2, 0) is 14.3 Å². The first-order chi connectivity index (χ1) is 8.09. The zero-order valence-electron chi connectivity index (χ0n) is 10.8. The lowest BCUT2D eigenvalue weighted by atomic mass is 10.2. The molecule has 4 heteroatoms. The molecule has 1 rings (SSSR count). The Kier molecular flexibility index (Phi) is 6.01. The predicted octanol–water partition coefficient (Wildman–Crippen LogP) is 2.02. The molecule has 0 atom stereocenters. The summed E-state index contributed by atoms with van der Waals surface area (Å²) in [6, 6.07) is 0.210. The first kappa shape index (κ1) is 14.0. The third-order valence-corrected chi connectivity index (χ3v) is 2.65. The van der Waals surface area contributed by atoms with Crippen molar-refractivity contribution in [3.63, 3.8) is 0 Å². The van der Waals surface area contributed by atoms with Gasteiger partial charge in [-0.25, -0.2) is 0 Å². The first-order valence-electron chi connectivity index (χ1n) is 6.55. The molecule has 0 bridgehead atoms.